The predicted octanol–water partition coefficient (Wildman–Crippen LogP) is 2.68. The maximum atomic E-state index is 12.3. The zero-order valence-electron chi connectivity index (χ0n) is 10.4. The van der Waals surface area contributed by atoms with Crippen LogP contribution in [0.4, 0.5) is 5.69 Å². The van der Waals surface area contributed by atoms with Gasteiger partial charge in [-0.2, -0.15) is 0 Å². The van der Waals surface area contributed by atoms with Crippen LogP contribution in [0, 0.1) is 16.4 Å². The van der Waals surface area contributed by atoms with Gasteiger partial charge >= 0.3 is 0 Å². The molecule has 18 heavy (non-hydrogen) atoms. The Bertz CT molecular complexity index is 489. The second-order valence-electron chi connectivity index (χ2n) is 5.29. The fraction of sp³-hybridized carbons (Fsp3) is 0.500. The van der Waals surface area contributed by atoms with E-state index in [-0.39, 0.29) is 11.8 Å². The first-order chi connectivity index (χ1) is 8.65. The highest BCUT2D eigenvalue weighted by Gasteiger charge is 2.42. The lowest BCUT2D eigenvalue weighted by Gasteiger charge is -2.20. The van der Waals surface area contributed by atoms with Crippen molar-refractivity contribution >= 4 is 34.2 Å². The van der Waals surface area contributed by atoms with Crippen molar-refractivity contribution < 1.29 is 4.79 Å². The molecule has 3 nitrogen and oxygen atoms in total. The summed E-state index contributed by atoms with van der Waals surface area (Å²) in [5.74, 6) is 0.334. The van der Waals surface area contributed by atoms with Crippen LogP contribution in [0.1, 0.15) is 24.8 Å². The van der Waals surface area contributed by atoms with Crippen LogP contribution >= 0.6 is 22.6 Å². The molecule has 0 spiro atoms. The topological polar surface area (TPSA) is 41.1 Å². The number of hydrogen-bond acceptors (Lipinski definition) is 2. The van der Waals surface area contributed by atoms with Crippen LogP contribution in [-0.2, 0) is 4.79 Å². The van der Waals surface area contributed by atoms with Gasteiger partial charge in [-0.15, -0.1) is 0 Å². The van der Waals surface area contributed by atoms with Crippen LogP contribution in [0.25, 0.3) is 0 Å². The largest absolute Gasteiger partial charge is 0.326 e. The highest BCUT2D eigenvalue weighted by molar-refractivity contribution is 14.1. The number of anilines is 1. The number of benzene rings is 1. The van der Waals surface area contributed by atoms with Crippen molar-refractivity contribution in [3.05, 3.63) is 27.3 Å². The molecule has 0 radical (unpaired) electrons. The Morgan fingerprint density at radius 2 is 2.28 bits per heavy atom. The molecule has 2 N–H and O–H groups in total. The predicted molar refractivity (Wildman–Crippen MR) is 80.6 cm³/mol. The van der Waals surface area contributed by atoms with Gasteiger partial charge in [0.15, 0.2) is 0 Å². The van der Waals surface area contributed by atoms with Gasteiger partial charge in [-0.3, -0.25) is 4.79 Å². The Kier molecular flexibility index (Phi) is 3.32. The zero-order chi connectivity index (χ0) is 12.7. The number of fused-ring (bicyclic) bond motifs is 2. The summed E-state index contributed by atoms with van der Waals surface area (Å²) in [4.78, 5) is 12.3. The quantitative estimate of drug-likeness (QED) is 0.800. The van der Waals surface area contributed by atoms with Crippen molar-refractivity contribution in [2.45, 2.75) is 38.3 Å². The van der Waals surface area contributed by atoms with E-state index < -0.39 is 0 Å². The Labute approximate surface area is 121 Å². The Morgan fingerprint density at radius 3 is 2.94 bits per heavy atom. The van der Waals surface area contributed by atoms with Gasteiger partial charge in [0.2, 0.25) is 5.91 Å². The molecule has 3 atom stereocenters. The monoisotopic (exact) mass is 356 g/mol. The average Bonchev–Trinajstić information content (AvgIpc) is 2.97. The maximum absolute atomic E-state index is 12.3. The number of rotatable bonds is 2. The molecule has 4 heteroatoms. The Morgan fingerprint density at radius 1 is 1.44 bits per heavy atom. The highest BCUT2D eigenvalue weighted by Crippen LogP contribution is 2.34. The number of carbonyl (C=O) groups is 1. The van der Waals surface area contributed by atoms with Crippen LogP contribution in [-0.4, -0.2) is 18.0 Å². The van der Waals surface area contributed by atoms with Crippen LogP contribution in [0.2, 0.25) is 0 Å². The second kappa shape index (κ2) is 4.81. The average molecular weight is 356 g/mol. The van der Waals surface area contributed by atoms with Gasteiger partial charge in [0.25, 0.3) is 0 Å². The molecule has 96 valence electrons. The number of halogens is 1. The summed E-state index contributed by atoms with van der Waals surface area (Å²) in [7, 11) is 0. The van der Waals surface area contributed by atoms with Gasteiger partial charge in [-0.05, 0) is 66.5 Å². The molecule has 2 fully saturated rings. The van der Waals surface area contributed by atoms with Gasteiger partial charge in [0, 0.05) is 21.3 Å². The molecule has 1 aromatic carbocycles. The van der Waals surface area contributed by atoms with E-state index in [4.69, 9.17) is 0 Å². The van der Waals surface area contributed by atoms with Crippen LogP contribution in [0.15, 0.2) is 18.2 Å². The zero-order valence-corrected chi connectivity index (χ0v) is 12.5. The SMILES string of the molecule is Cc1c(I)cccc1NC(=O)C1CC2CCC1N2. The van der Waals surface area contributed by atoms with E-state index in [2.05, 4.69) is 46.2 Å². The fourth-order valence-corrected chi connectivity index (χ4v) is 3.58. The normalized spacial score (nSPS) is 29.6. The summed E-state index contributed by atoms with van der Waals surface area (Å²) in [6, 6.07) is 7.00. The summed E-state index contributed by atoms with van der Waals surface area (Å²) in [5, 5.41) is 6.60. The van der Waals surface area contributed by atoms with E-state index in [0.29, 0.717) is 12.1 Å². The van der Waals surface area contributed by atoms with Crippen LogP contribution < -0.4 is 10.6 Å². The van der Waals surface area contributed by atoms with Gasteiger partial charge in [0.05, 0.1) is 5.92 Å². The minimum absolute atomic E-state index is 0.154. The maximum Gasteiger partial charge on any atom is 0.229 e. The molecule has 2 saturated heterocycles. The number of carbonyl (C=O) groups excluding carboxylic acids is 1. The molecule has 2 aliphatic rings. The smallest absolute Gasteiger partial charge is 0.229 e. The summed E-state index contributed by atoms with van der Waals surface area (Å²) in [6.07, 6.45) is 3.38. The number of amides is 1. The minimum atomic E-state index is 0.154. The van der Waals surface area contributed by atoms with Gasteiger partial charge in [0.1, 0.15) is 0 Å². The first-order valence-electron chi connectivity index (χ1n) is 6.47. The molecular weight excluding hydrogens is 339 g/mol. The first kappa shape index (κ1) is 12.4. The van der Waals surface area contributed by atoms with Crippen molar-refractivity contribution in [1.82, 2.24) is 5.32 Å². The summed E-state index contributed by atoms with van der Waals surface area (Å²) >= 11 is 2.30. The molecule has 1 aromatic rings. The van der Waals surface area contributed by atoms with E-state index in [1.54, 1.807) is 0 Å². The molecule has 3 unspecified atom stereocenters. The van der Waals surface area contributed by atoms with E-state index in [0.717, 1.165) is 24.1 Å². The van der Waals surface area contributed by atoms with Crippen molar-refractivity contribution in [3.63, 3.8) is 0 Å². The third-order valence-corrected chi connectivity index (χ3v) is 5.33. The summed E-state index contributed by atoms with van der Waals surface area (Å²) in [5.41, 5.74) is 2.11. The molecule has 0 saturated carbocycles. The number of hydrogen-bond donors (Lipinski definition) is 2. The van der Waals surface area contributed by atoms with Gasteiger partial charge < -0.3 is 10.6 Å². The fourth-order valence-electron chi connectivity index (χ4n) is 3.08. The van der Waals surface area contributed by atoms with E-state index in [9.17, 15) is 4.79 Å². The molecule has 3 rings (SSSR count). The second-order valence-corrected chi connectivity index (χ2v) is 6.45. The first-order valence-corrected chi connectivity index (χ1v) is 7.55. The summed E-state index contributed by atoms with van der Waals surface area (Å²) in [6.45, 7) is 2.05. The molecule has 2 aliphatic heterocycles. The van der Waals surface area contributed by atoms with Crippen molar-refractivity contribution in [3.8, 4) is 0 Å². The van der Waals surface area contributed by atoms with Gasteiger partial charge in [-0.25, -0.2) is 0 Å². The highest BCUT2D eigenvalue weighted by atomic mass is 127. The van der Waals surface area contributed by atoms with Crippen molar-refractivity contribution in [1.29, 1.82) is 0 Å². The lowest BCUT2D eigenvalue weighted by atomic mass is 9.88. The Hall–Kier alpha value is -0.620. The summed E-state index contributed by atoms with van der Waals surface area (Å²) < 4.78 is 1.19. The van der Waals surface area contributed by atoms with Crippen molar-refractivity contribution in [2.24, 2.45) is 5.92 Å². The van der Waals surface area contributed by atoms with E-state index in [1.807, 2.05) is 12.1 Å². The van der Waals surface area contributed by atoms with E-state index in [1.165, 1.54) is 9.99 Å². The molecule has 2 heterocycles. The van der Waals surface area contributed by atoms with Crippen LogP contribution in [0.3, 0.4) is 0 Å². The van der Waals surface area contributed by atoms with Crippen molar-refractivity contribution in [2.75, 3.05) is 5.32 Å². The van der Waals surface area contributed by atoms with Crippen LogP contribution in [0.5, 0.6) is 0 Å². The van der Waals surface area contributed by atoms with Gasteiger partial charge in [-0.1, -0.05) is 6.07 Å². The molecular formula is C14H17IN2O. The standard InChI is InChI=1S/C14H17IN2O/c1-8-11(15)3-2-4-12(8)17-14(18)10-7-9-5-6-13(10)16-9/h2-4,9-10,13,16H,5-7H2,1H3,(H,17,18). The molecule has 2 bridgehead atoms. The number of nitrogens with one attached hydrogen (secondary N) is 2. The third-order valence-electron chi connectivity index (χ3n) is 4.16. The third kappa shape index (κ3) is 2.16. The molecule has 1 amide bonds. The lowest BCUT2D eigenvalue weighted by Crippen LogP contribution is -2.33. The minimum Gasteiger partial charge on any atom is -0.326 e. The van der Waals surface area contributed by atoms with E-state index >= 15 is 0 Å². The Balaban J connectivity index is 1.73. The molecule has 0 aromatic heterocycles. The molecule has 0 aliphatic carbocycles. The lowest BCUT2D eigenvalue weighted by molar-refractivity contribution is -0.120.